The van der Waals surface area contributed by atoms with Crippen molar-refractivity contribution in [2.24, 2.45) is 0 Å². The smallest absolute Gasteiger partial charge is 0.456 e. The molecule has 0 atom stereocenters. The fourth-order valence-electron chi connectivity index (χ4n) is 1.78. The molecular formula is C14H42O5Si5Y. The molecule has 3 radical (unpaired) electrons. The summed E-state index contributed by atoms with van der Waals surface area (Å²) in [5.41, 5.74) is 0. The largest absolute Gasteiger partial charge is 0.576 e. The fraction of sp³-hybridized carbons (Fsp3) is 1.00. The van der Waals surface area contributed by atoms with Gasteiger partial charge in [-0.15, -0.1) is 0 Å². The molecule has 0 aromatic heterocycles. The number of hydrogen-bond acceptors (Lipinski definition) is 5. The van der Waals surface area contributed by atoms with E-state index in [1.807, 2.05) is 0 Å². The Bertz CT molecular complexity index is 269. The molecule has 0 fully saturated rings. The van der Waals surface area contributed by atoms with Crippen LogP contribution in [-0.4, -0.2) is 64.8 Å². The van der Waals surface area contributed by atoms with E-state index in [4.69, 9.17) is 21.5 Å². The summed E-state index contributed by atoms with van der Waals surface area (Å²) in [7, 11) is -0.759. The maximum Gasteiger partial charge on any atom is 0.576 e. The minimum atomic E-state index is -1.36. The Morgan fingerprint density at radius 3 is 0.840 bits per heavy atom. The minimum absolute atomic E-state index is 0. The van der Waals surface area contributed by atoms with Crippen LogP contribution in [0.25, 0.3) is 0 Å². The Hall–Kier alpha value is 1.99. The quantitative estimate of drug-likeness (QED) is 0.458. The molecule has 0 heterocycles. The molecule has 0 rings (SSSR count). The van der Waals surface area contributed by atoms with Gasteiger partial charge < -0.3 is 21.5 Å². The molecule has 0 saturated carbocycles. The van der Waals surface area contributed by atoms with Crippen molar-refractivity contribution in [3.8, 4) is 0 Å². The first kappa shape index (κ1) is 34.5. The summed E-state index contributed by atoms with van der Waals surface area (Å²) in [4.78, 5) is 0. The molecule has 0 aliphatic carbocycles. The van der Waals surface area contributed by atoms with E-state index < -0.39 is 43.5 Å². The molecule has 0 unspecified atom stereocenters. The van der Waals surface area contributed by atoms with E-state index in [0.717, 1.165) is 0 Å². The zero-order chi connectivity index (χ0) is 20.2. The van der Waals surface area contributed by atoms with Crippen LogP contribution in [0.1, 0.15) is 0 Å². The van der Waals surface area contributed by atoms with Gasteiger partial charge in [0.05, 0.1) is 0 Å². The fourth-order valence-corrected chi connectivity index (χ4v) is 14.5. The van der Waals surface area contributed by atoms with Gasteiger partial charge in [-0.25, -0.2) is 0 Å². The van der Waals surface area contributed by atoms with Crippen molar-refractivity contribution in [2.45, 2.75) is 72.0 Å². The molecule has 0 bridgehead atoms. The zero-order valence-electron chi connectivity index (χ0n) is 19.1. The van der Waals surface area contributed by atoms with Gasteiger partial charge in [0.15, 0.2) is 34.0 Å². The van der Waals surface area contributed by atoms with Crippen molar-refractivity contribution in [3.63, 3.8) is 0 Å². The molecule has 5 nitrogen and oxygen atoms in total. The van der Waals surface area contributed by atoms with Crippen LogP contribution in [0.2, 0.25) is 72.0 Å². The topological polar surface area (TPSA) is 46.2 Å². The van der Waals surface area contributed by atoms with E-state index in [0.29, 0.717) is 0 Å². The summed E-state index contributed by atoms with van der Waals surface area (Å²) < 4.78 is 25.7. The van der Waals surface area contributed by atoms with Gasteiger partial charge in [0.2, 0.25) is 0 Å². The molecule has 0 saturated heterocycles. The van der Waals surface area contributed by atoms with E-state index in [9.17, 15) is 0 Å². The molecule has 0 spiro atoms. The molecular weight excluding hydrogens is 477 g/mol. The summed E-state index contributed by atoms with van der Waals surface area (Å²) in [6.45, 7) is 24.5. The zero-order valence-corrected chi connectivity index (χ0v) is 27.0. The Balaban J connectivity index is -0.000000131. The average Bonchev–Trinajstić information content (AvgIpc) is 2.24. The summed E-state index contributed by atoms with van der Waals surface area (Å²) in [6, 6.07) is 0. The van der Waals surface area contributed by atoms with E-state index in [1.54, 1.807) is 21.3 Å². The van der Waals surface area contributed by atoms with Crippen molar-refractivity contribution in [1.29, 1.82) is 0 Å². The van der Waals surface area contributed by atoms with Gasteiger partial charge in [-0.1, -0.05) is 0 Å². The SMILES string of the molecule is CO[Si](OC)OC.C[Si](C)(C)O[Si](C)(C)C.C[Si](C)O[Si](C)(C)C.[Y]. The Kier molecular flexibility index (Phi) is 23.3. The van der Waals surface area contributed by atoms with Crippen molar-refractivity contribution in [2.75, 3.05) is 21.3 Å². The second kappa shape index (κ2) is 16.9. The third-order valence-corrected chi connectivity index (χ3v) is 11.6. The van der Waals surface area contributed by atoms with Crippen LogP contribution in [0.5, 0.6) is 0 Å². The molecule has 25 heavy (non-hydrogen) atoms. The number of rotatable bonds is 7. The second-order valence-corrected chi connectivity index (χ2v) is 26.2. The minimum Gasteiger partial charge on any atom is -0.456 e. The van der Waals surface area contributed by atoms with Gasteiger partial charge in [0, 0.05) is 54.0 Å². The van der Waals surface area contributed by atoms with Crippen LogP contribution >= 0.6 is 0 Å². The maximum absolute atomic E-state index is 5.90. The molecule has 0 amide bonds. The molecule has 0 aliphatic heterocycles. The summed E-state index contributed by atoms with van der Waals surface area (Å²) >= 11 is 0. The van der Waals surface area contributed by atoms with Gasteiger partial charge in [-0.05, 0) is 72.0 Å². The second-order valence-electron chi connectivity index (χ2n) is 8.31. The average molecular weight is 520 g/mol. The van der Waals surface area contributed by atoms with E-state index >= 15 is 0 Å². The Morgan fingerprint density at radius 1 is 0.560 bits per heavy atom. The third-order valence-electron chi connectivity index (χ3n) is 1.62. The van der Waals surface area contributed by atoms with E-state index in [2.05, 4.69) is 72.0 Å². The molecule has 11 heteroatoms. The van der Waals surface area contributed by atoms with Crippen molar-refractivity contribution < 1.29 is 54.2 Å². The summed E-state index contributed by atoms with van der Waals surface area (Å²) in [5.74, 6) is 0. The predicted octanol–water partition coefficient (Wildman–Crippen LogP) is 4.67. The van der Waals surface area contributed by atoms with Crippen LogP contribution in [0, 0.1) is 0 Å². The maximum atomic E-state index is 5.90. The van der Waals surface area contributed by atoms with Crippen molar-refractivity contribution in [3.05, 3.63) is 0 Å². The molecule has 0 N–H and O–H groups in total. The first-order valence-corrected chi connectivity index (χ1v) is 22.0. The van der Waals surface area contributed by atoms with Crippen LogP contribution < -0.4 is 0 Å². The van der Waals surface area contributed by atoms with Gasteiger partial charge in [0.1, 0.15) is 0 Å². The first-order valence-electron chi connectivity index (χ1n) is 8.15. The molecule has 0 aromatic rings. The number of hydrogen-bond donors (Lipinski definition) is 0. The van der Waals surface area contributed by atoms with Crippen LogP contribution in [0.3, 0.4) is 0 Å². The van der Waals surface area contributed by atoms with E-state index in [-0.39, 0.29) is 32.7 Å². The molecule has 0 aromatic carbocycles. The van der Waals surface area contributed by atoms with Gasteiger partial charge in [0.25, 0.3) is 0 Å². The van der Waals surface area contributed by atoms with E-state index in [1.165, 1.54) is 0 Å². The van der Waals surface area contributed by atoms with Crippen molar-refractivity contribution >= 4 is 43.5 Å². The third kappa shape index (κ3) is 41.5. The van der Waals surface area contributed by atoms with Gasteiger partial charge in [-0.3, -0.25) is 0 Å². The van der Waals surface area contributed by atoms with Crippen LogP contribution in [-0.2, 0) is 54.2 Å². The van der Waals surface area contributed by atoms with Crippen LogP contribution in [0.15, 0.2) is 0 Å². The van der Waals surface area contributed by atoms with Gasteiger partial charge in [-0.2, -0.15) is 0 Å². The molecule has 151 valence electrons. The normalized spacial score (nSPS) is 12.0. The standard InChI is InChI=1S/C6H18OSi2.C5H15OSi2.C3H9O3Si.Y/c1-8(2,3)7-9(4,5)6;1-7(2)6-8(3,4)5;1-4-7(5-2)6-3;/h1-6H3;1-5H3;1-3H3;. The molecule has 0 aliphatic rings. The van der Waals surface area contributed by atoms with Crippen LogP contribution in [0.4, 0.5) is 0 Å². The monoisotopic (exact) mass is 519 g/mol. The Morgan fingerprint density at radius 2 is 0.840 bits per heavy atom. The van der Waals surface area contributed by atoms with Gasteiger partial charge >= 0.3 is 9.53 Å². The summed E-state index contributed by atoms with van der Waals surface area (Å²) in [6.07, 6.45) is 0. The first-order chi connectivity index (χ1) is 10.5. The van der Waals surface area contributed by atoms with Crippen molar-refractivity contribution in [1.82, 2.24) is 0 Å². The summed E-state index contributed by atoms with van der Waals surface area (Å²) in [5, 5.41) is 0. The Labute approximate surface area is 189 Å². The predicted molar refractivity (Wildman–Crippen MR) is 116 cm³/mol.